The molecule has 6 nitrogen and oxygen atoms in total. The molecule has 1 aromatic heterocycles. The third kappa shape index (κ3) is 4.66. The average molecular weight is 365 g/mol. The van der Waals surface area contributed by atoms with E-state index in [4.69, 9.17) is 4.42 Å². The minimum Gasteiger partial charge on any atom is -0.459 e. The van der Waals surface area contributed by atoms with E-state index in [9.17, 15) is 14.0 Å². The number of anilines is 1. The van der Waals surface area contributed by atoms with Crippen molar-refractivity contribution in [3.05, 3.63) is 89.6 Å². The summed E-state index contributed by atoms with van der Waals surface area (Å²) in [5.74, 6) is -1.02. The van der Waals surface area contributed by atoms with Crippen LogP contribution in [0.1, 0.15) is 33.4 Å². The van der Waals surface area contributed by atoms with E-state index in [1.807, 2.05) is 0 Å². The van der Waals surface area contributed by atoms with Crippen LogP contribution < -0.4 is 10.7 Å². The van der Waals surface area contributed by atoms with Crippen LogP contribution in [-0.4, -0.2) is 17.5 Å². The smallest absolute Gasteiger partial charge is 0.291 e. The maximum absolute atomic E-state index is 12.9. The molecule has 0 radical (unpaired) electrons. The minimum atomic E-state index is -0.448. The SMILES string of the molecule is C/C(=N/NC(=O)c1ccc(F)cc1)c1cccc(NC(=O)c2ccco2)c1. The highest BCUT2D eigenvalue weighted by atomic mass is 19.1. The van der Waals surface area contributed by atoms with E-state index in [0.29, 0.717) is 22.5 Å². The fourth-order valence-corrected chi connectivity index (χ4v) is 2.29. The summed E-state index contributed by atoms with van der Waals surface area (Å²) in [5, 5.41) is 6.78. The molecule has 27 heavy (non-hydrogen) atoms. The van der Waals surface area contributed by atoms with E-state index >= 15 is 0 Å². The van der Waals surface area contributed by atoms with Crippen LogP contribution in [-0.2, 0) is 0 Å². The molecule has 0 saturated heterocycles. The second-order valence-electron chi connectivity index (χ2n) is 5.66. The van der Waals surface area contributed by atoms with Crippen molar-refractivity contribution in [3.8, 4) is 0 Å². The molecule has 2 N–H and O–H groups in total. The molecular formula is C20H16FN3O3. The summed E-state index contributed by atoms with van der Waals surface area (Å²) in [6.45, 7) is 1.72. The van der Waals surface area contributed by atoms with Gasteiger partial charge < -0.3 is 9.73 Å². The van der Waals surface area contributed by atoms with E-state index < -0.39 is 11.7 Å². The zero-order valence-corrected chi connectivity index (χ0v) is 14.4. The van der Waals surface area contributed by atoms with E-state index in [1.165, 1.54) is 30.5 Å². The highest BCUT2D eigenvalue weighted by Gasteiger charge is 2.10. The van der Waals surface area contributed by atoms with Crippen LogP contribution in [0.4, 0.5) is 10.1 Å². The number of rotatable bonds is 5. The van der Waals surface area contributed by atoms with Crippen LogP contribution in [0.2, 0.25) is 0 Å². The van der Waals surface area contributed by atoms with Gasteiger partial charge in [-0.25, -0.2) is 9.82 Å². The molecule has 136 valence electrons. The first-order chi connectivity index (χ1) is 13.0. The van der Waals surface area contributed by atoms with Crippen molar-refractivity contribution in [2.45, 2.75) is 6.92 Å². The Balaban J connectivity index is 1.68. The number of hydrogen-bond acceptors (Lipinski definition) is 4. The highest BCUT2D eigenvalue weighted by molar-refractivity contribution is 6.04. The molecule has 0 aliphatic heterocycles. The number of carbonyl (C=O) groups is 2. The molecule has 0 saturated carbocycles. The van der Waals surface area contributed by atoms with E-state index in [-0.39, 0.29) is 11.7 Å². The third-order valence-corrected chi connectivity index (χ3v) is 3.71. The molecule has 2 amide bonds. The first-order valence-electron chi connectivity index (χ1n) is 8.08. The van der Waals surface area contributed by atoms with Crippen LogP contribution in [0, 0.1) is 5.82 Å². The molecule has 0 fully saturated rings. The summed E-state index contributed by atoms with van der Waals surface area (Å²) in [5.41, 5.74) is 4.54. The Labute approximate surface area is 154 Å². The van der Waals surface area contributed by atoms with Gasteiger partial charge in [0, 0.05) is 11.3 Å². The Kier molecular flexibility index (Phi) is 5.41. The van der Waals surface area contributed by atoms with Crippen LogP contribution in [0.5, 0.6) is 0 Å². The second-order valence-corrected chi connectivity index (χ2v) is 5.66. The normalized spacial score (nSPS) is 11.1. The lowest BCUT2D eigenvalue weighted by Crippen LogP contribution is -2.19. The lowest BCUT2D eigenvalue weighted by atomic mass is 10.1. The van der Waals surface area contributed by atoms with Crippen LogP contribution in [0.3, 0.4) is 0 Å². The lowest BCUT2D eigenvalue weighted by molar-refractivity contribution is 0.0953. The molecule has 0 unspecified atom stereocenters. The third-order valence-electron chi connectivity index (χ3n) is 3.71. The Morgan fingerprint density at radius 2 is 1.74 bits per heavy atom. The first kappa shape index (κ1) is 18.1. The van der Waals surface area contributed by atoms with Crippen LogP contribution in [0.15, 0.2) is 76.4 Å². The summed E-state index contributed by atoms with van der Waals surface area (Å²) >= 11 is 0. The van der Waals surface area contributed by atoms with Gasteiger partial charge in [-0.2, -0.15) is 5.10 Å². The zero-order chi connectivity index (χ0) is 19.2. The van der Waals surface area contributed by atoms with Crippen molar-refractivity contribution in [3.63, 3.8) is 0 Å². The minimum absolute atomic E-state index is 0.206. The van der Waals surface area contributed by atoms with Crippen molar-refractivity contribution >= 4 is 23.2 Å². The number of carbonyl (C=O) groups excluding carboxylic acids is 2. The second kappa shape index (κ2) is 8.09. The Hall–Kier alpha value is -3.74. The topological polar surface area (TPSA) is 83.7 Å². The van der Waals surface area contributed by atoms with Crippen LogP contribution >= 0.6 is 0 Å². The van der Waals surface area contributed by atoms with Gasteiger partial charge in [-0.05, 0) is 61.0 Å². The van der Waals surface area contributed by atoms with Gasteiger partial charge in [-0.1, -0.05) is 12.1 Å². The largest absolute Gasteiger partial charge is 0.459 e. The van der Waals surface area contributed by atoms with Crippen molar-refractivity contribution in [1.82, 2.24) is 5.43 Å². The molecule has 0 aliphatic carbocycles. The Morgan fingerprint density at radius 1 is 0.963 bits per heavy atom. The number of benzene rings is 2. The van der Waals surface area contributed by atoms with E-state index in [2.05, 4.69) is 15.8 Å². The van der Waals surface area contributed by atoms with Gasteiger partial charge in [0.05, 0.1) is 12.0 Å². The fourth-order valence-electron chi connectivity index (χ4n) is 2.29. The number of halogens is 1. The van der Waals surface area contributed by atoms with Gasteiger partial charge in [0.1, 0.15) is 5.82 Å². The summed E-state index contributed by atoms with van der Waals surface area (Å²) < 4.78 is 18.0. The Morgan fingerprint density at radius 3 is 2.44 bits per heavy atom. The van der Waals surface area contributed by atoms with Crippen LogP contribution in [0.25, 0.3) is 0 Å². The summed E-state index contributed by atoms with van der Waals surface area (Å²) in [7, 11) is 0. The number of amides is 2. The van der Waals surface area contributed by atoms with E-state index in [0.717, 1.165) is 0 Å². The predicted octanol–water partition coefficient (Wildman–Crippen LogP) is 3.83. The molecule has 3 rings (SSSR count). The number of hydrazone groups is 1. The fraction of sp³-hybridized carbons (Fsp3) is 0.0500. The van der Waals surface area contributed by atoms with Gasteiger partial charge >= 0.3 is 0 Å². The predicted molar refractivity (Wildman–Crippen MR) is 99.2 cm³/mol. The van der Waals surface area contributed by atoms with Gasteiger partial charge in [-0.3, -0.25) is 9.59 Å². The summed E-state index contributed by atoms with van der Waals surface area (Å²) in [4.78, 5) is 24.1. The van der Waals surface area contributed by atoms with Crippen molar-refractivity contribution in [2.24, 2.45) is 5.10 Å². The quantitative estimate of drug-likeness (QED) is 0.532. The van der Waals surface area contributed by atoms with Crippen molar-refractivity contribution in [1.29, 1.82) is 0 Å². The highest BCUT2D eigenvalue weighted by Crippen LogP contribution is 2.13. The molecule has 0 spiro atoms. The van der Waals surface area contributed by atoms with Crippen molar-refractivity contribution in [2.75, 3.05) is 5.32 Å². The molecule has 2 aromatic carbocycles. The number of nitrogens with one attached hydrogen (secondary N) is 2. The average Bonchev–Trinajstić information content (AvgIpc) is 3.21. The maximum atomic E-state index is 12.9. The molecule has 0 atom stereocenters. The summed E-state index contributed by atoms with van der Waals surface area (Å²) in [6.07, 6.45) is 1.42. The summed E-state index contributed by atoms with van der Waals surface area (Å²) in [6, 6.07) is 15.4. The monoisotopic (exact) mass is 365 g/mol. The van der Waals surface area contributed by atoms with Crippen molar-refractivity contribution < 1.29 is 18.4 Å². The molecule has 0 aliphatic rings. The zero-order valence-electron chi connectivity index (χ0n) is 14.4. The maximum Gasteiger partial charge on any atom is 0.291 e. The lowest BCUT2D eigenvalue weighted by Gasteiger charge is -2.07. The van der Waals surface area contributed by atoms with Gasteiger partial charge in [0.2, 0.25) is 0 Å². The molecule has 3 aromatic rings. The molecule has 7 heteroatoms. The number of hydrogen-bond donors (Lipinski definition) is 2. The molecular weight excluding hydrogens is 349 g/mol. The first-order valence-corrected chi connectivity index (χ1v) is 8.08. The number of nitrogens with zero attached hydrogens (tertiary/aromatic N) is 1. The van der Waals surface area contributed by atoms with Gasteiger partial charge in [-0.15, -0.1) is 0 Å². The van der Waals surface area contributed by atoms with E-state index in [1.54, 1.807) is 43.3 Å². The molecule has 0 bridgehead atoms. The van der Waals surface area contributed by atoms with Gasteiger partial charge in [0.25, 0.3) is 11.8 Å². The van der Waals surface area contributed by atoms with Gasteiger partial charge in [0.15, 0.2) is 5.76 Å². The Bertz CT molecular complexity index is 980. The number of furan rings is 1. The standard InChI is InChI=1S/C20H16FN3O3/c1-13(23-24-19(25)14-7-9-16(21)10-8-14)15-4-2-5-17(12-15)22-20(26)18-6-3-11-27-18/h2-12H,1H3,(H,22,26)(H,24,25)/b23-13-. The molecule has 1 heterocycles.